The number of thiophene rings is 3. The van der Waals surface area contributed by atoms with Gasteiger partial charge >= 0.3 is 0 Å². The lowest BCUT2D eigenvalue weighted by Gasteiger charge is -2.34. The van der Waals surface area contributed by atoms with Crippen molar-refractivity contribution < 1.29 is 4.74 Å². The molecule has 0 saturated carbocycles. The Kier molecular flexibility index (Phi) is 17.4. The molecular formula is C68H65N21OS3. The fraction of sp³-hybridized carbons (Fsp3) is 0.191. The highest BCUT2D eigenvalue weighted by Gasteiger charge is 2.21. The lowest BCUT2D eigenvalue weighted by molar-refractivity contribution is 0.0398. The normalized spacial score (nSPS) is 13.7. The summed E-state index contributed by atoms with van der Waals surface area (Å²) in [6.07, 6.45) is 13.1. The van der Waals surface area contributed by atoms with Crippen LogP contribution in [0.25, 0.3) is 63.4 Å². The molecule has 0 bridgehead atoms. The third kappa shape index (κ3) is 14.0. The van der Waals surface area contributed by atoms with E-state index in [-0.39, 0.29) is 0 Å². The lowest BCUT2D eigenvalue weighted by atomic mass is 10.0. The monoisotopic (exact) mass is 1290 g/mol. The van der Waals surface area contributed by atoms with Crippen molar-refractivity contribution >= 4 is 161 Å². The second kappa shape index (κ2) is 27.5. The Hall–Kier alpha value is -10.6. The first-order valence-electron chi connectivity index (χ1n) is 30.9. The zero-order chi connectivity index (χ0) is 62.1. The molecule has 12 heterocycles. The van der Waals surface area contributed by atoms with Gasteiger partial charge < -0.3 is 46.1 Å². The molecule has 22 nitrogen and oxygen atoms in total. The van der Waals surface area contributed by atoms with Crippen molar-refractivity contribution in [1.29, 1.82) is 0 Å². The number of aromatic nitrogens is 13. The number of rotatable bonds is 18. The van der Waals surface area contributed by atoms with Crippen LogP contribution in [0.3, 0.4) is 0 Å². The molecule has 0 atom stereocenters. The summed E-state index contributed by atoms with van der Waals surface area (Å²) in [5.74, 6) is 4.26. The van der Waals surface area contributed by atoms with Crippen molar-refractivity contribution in [2.45, 2.75) is 25.3 Å². The number of nitrogens with one attached hydrogen (secondary N) is 9. The molecule has 25 heteroatoms. The minimum Gasteiger partial charge on any atom is -0.379 e. The van der Waals surface area contributed by atoms with Crippen LogP contribution in [0.15, 0.2) is 187 Å². The van der Waals surface area contributed by atoms with Gasteiger partial charge in [0.2, 0.25) is 17.8 Å². The largest absolute Gasteiger partial charge is 0.379 e. The molecule has 10 aromatic heterocycles. The number of ether oxygens (including phenoxy) is 1. The molecule has 5 aromatic carbocycles. The highest BCUT2D eigenvalue weighted by molar-refractivity contribution is 7.18. The van der Waals surface area contributed by atoms with Gasteiger partial charge in [0.15, 0.2) is 17.5 Å². The Bertz CT molecular complexity index is 4930. The molecule has 0 aliphatic carbocycles. The molecule has 0 spiro atoms. The molecular weight excluding hydrogens is 1220 g/mol. The predicted molar refractivity (Wildman–Crippen MR) is 379 cm³/mol. The standard InChI is InChI=1S/C28H26N8S.C21H18N6S.C19H21N7OS/c1-2-13-35(12-1)23-9-14-36(15-10-23)22-6-3-20(4-7-22)31-28-32-25-11-16-37-26(25)27(33-28)30-21-5-8-24-19(17-21)18-29-34-24;1-2-4-14(5-3-1)8-10-22-21-25-18-9-11-28-19(18)20(26-21)24-16-6-7-17-15(12-16)13-23-27-17;1-2-15-13(12-21-25-15)11-14(1)22-18-17-16(3-10-28-17)23-19(24-18)20-4-5-26-6-8-27-9-7-26/h1-8,11-13,16-18,23H,9-10,14-15H2,(H,29,34)(H2,30,31,32,33);1-7,9,11-13H,8,10H2,(H,23,27)(H2,22,24,25,26);1-3,10-12H,4-9H2,(H,21,25)(H2,20,22,23,24). The van der Waals surface area contributed by atoms with E-state index in [9.17, 15) is 0 Å². The third-order valence-corrected chi connectivity index (χ3v) is 19.1. The van der Waals surface area contributed by atoms with Gasteiger partial charge in [-0.1, -0.05) is 30.3 Å². The first-order valence-corrected chi connectivity index (χ1v) is 33.5. The fourth-order valence-electron chi connectivity index (χ4n) is 11.5. The van der Waals surface area contributed by atoms with Gasteiger partial charge in [0, 0.05) is 109 Å². The maximum Gasteiger partial charge on any atom is 0.229 e. The maximum absolute atomic E-state index is 5.40. The number of hydrogen-bond acceptors (Lipinski definition) is 21. The van der Waals surface area contributed by atoms with Crippen LogP contribution < -0.4 is 36.8 Å². The van der Waals surface area contributed by atoms with Crippen molar-refractivity contribution in [2.75, 3.05) is 95.8 Å². The van der Waals surface area contributed by atoms with Gasteiger partial charge in [-0.15, -0.1) is 34.0 Å². The Labute approximate surface area is 546 Å². The van der Waals surface area contributed by atoms with Crippen LogP contribution in [0.2, 0.25) is 0 Å². The maximum atomic E-state index is 5.40. The molecule has 0 unspecified atom stereocenters. The zero-order valence-corrected chi connectivity index (χ0v) is 52.9. The number of piperidine rings is 1. The van der Waals surface area contributed by atoms with Crippen LogP contribution in [0, 0.1) is 0 Å². The smallest absolute Gasteiger partial charge is 0.229 e. The number of benzene rings is 5. The molecule has 2 aliphatic rings. The van der Waals surface area contributed by atoms with Gasteiger partial charge in [0.05, 0.1) is 79.0 Å². The van der Waals surface area contributed by atoms with Gasteiger partial charge in [-0.3, -0.25) is 20.2 Å². The highest BCUT2D eigenvalue weighted by atomic mass is 32.1. The van der Waals surface area contributed by atoms with Crippen LogP contribution in [0.5, 0.6) is 0 Å². The number of aromatic amines is 3. The Morgan fingerprint density at radius 1 is 0.462 bits per heavy atom. The van der Waals surface area contributed by atoms with Gasteiger partial charge in [0.25, 0.3) is 0 Å². The zero-order valence-electron chi connectivity index (χ0n) is 50.5. The van der Waals surface area contributed by atoms with Crippen LogP contribution in [-0.4, -0.2) is 129 Å². The van der Waals surface area contributed by atoms with E-state index in [4.69, 9.17) is 24.7 Å². The van der Waals surface area contributed by atoms with E-state index in [1.165, 1.54) is 11.3 Å². The van der Waals surface area contributed by atoms with Crippen LogP contribution >= 0.6 is 34.0 Å². The Morgan fingerprint density at radius 3 is 1.45 bits per heavy atom. The summed E-state index contributed by atoms with van der Waals surface area (Å²) in [5, 5.41) is 51.0. The number of nitrogens with zero attached hydrogens (tertiary/aromatic N) is 12. The molecule has 93 heavy (non-hydrogen) atoms. The number of anilines is 11. The summed E-state index contributed by atoms with van der Waals surface area (Å²) in [6.45, 7) is 8.24. The van der Waals surface area contributed by atoms with Crippen molar-refractivity contribution in [3.8, 4) is 0 Å². The summed E-state index contributed by atoms with van der Waals surface area (Å²) in [7, 11) is 0. The molecule has 0 radical (unpaired) electrons. The third-order valence-electron chi connectivity index (χ3n) is 16.4. The van der Waals surface area contributed by atoms with Crippen LogP contribution in [0.1, 0.15) is 24.4 Å². The fourth-order valence-corrected chi connectivity index (χ4v) is 13.9. The van der Waals surface area contributed by atoms with E-state index in [0.717, 1.165) is 182 Å². The Balaban J connectivity index is 0.000000117. The molecule has 2 aliphatic heterocycles. The molecule has 9 N–H and O–H groups in total. The minimum absolute atomic E-state index is 0.568. The summed E-state index contributed by atoms with van der Waals surface area (Å²) in [4.78, 5) is 33.2. The van der Waals surface area contributed by atoms with E-state index in [1.54, 1.807) is 34.0 Å². The number of morpholine rings is 1. The topological polar surface area (TPSA) is 256 Å². The summed E-state index contributed by atoms with van der Waals surface area (Å²) < 4.78 is 10.9. The second-order valence-corrected chi connectivity index (χ2v) is 25.3. The molecule has 466 valence electrons. The number of H-pyrrole nitrogens is 3. The SMILES string of the molecule is c1cc2nc(NCCN3CCOCC3)nc(Nc3ccc4[nH]ncc4c3)c2s1.c1ccc(CCNc2nc(Nc3ccc4[nH]ncc4c3)c3sccc3n2)cc1.c1ccn(C2CCN(c3ccc(Nc4nc(Nc5ccc6[nH]ncc6c5)c5sccc5n4)cc3)CC2)c1. The molecule has 0 amide bonds. The van der Waals surface area contributed by atoms with Crippen molar-refractivity contribution in [1.82, 2.24) is 70.0 Å². The number of fused-ring (bicyclic) bond motifs is 6. The number of hydrogen-bond donors (Lipinski definition) is 9. The Morgan fingerprint density at radius 2 is 0.935 bits per heavy atom. The summed E-state index contributed by atoms with van der Waals surface area (Å²) in [6, 6.07) is 48.2. The average molecular weight is 1290 g/mol. The molecule has 2 saturated heterocycles. The van der Waals surface area contributed by atoms with Crippen LogP contribution in [-0.2, 0) is 11.2 Å². The molecule has 15 aromatic rings. The predicted octanol–water partition coefficient (Wildman–Crippen LogP) is 14.7. The van der Waals surface area contributed by atoms with Gasteiger partial charge in [-0.2, -0.15) is 30.2 Å². The van der Waals surface area contributed by atoms with E-state index in [0.29, 0.717) is 23.9 Å². The summed E-state index contributed by atoms with van der Waals surface area (Å²) >= 11 is 4.90. The quantitative estimate of drug-likeness (QED) is 0.0387. The highest BCUT2D eigenvalue weighted by Crippen LogP contribution is 2.35. The molecule has 17 rings (SSSR count). The first kappa shape index (κ1) is 58.8. The van der Waals surface area contributed by atoms with E-state index >= 15 is 0 Å². The van der Waals surface area contributed by atoms with Gasteiger partial charge in [0.1, 0.15) is 0 Å². The first-order chi connectivity index (χ1) is 46.0. The minimum atomic E-state index is 0.568. The van der Waals surface area contributed by atoms with Gasteiger partial charge in [-0.25, -0.2) is 15.0 Å². The van der Waals surface area contributed by atoms with E-state index in [2.05, 4.69) is 178 Å². The second-order valence-electron chi connectivity index (χ2n) is 22.5. The lowest BCUT2D eigenvalue weighted by Crippen LogP contribution is -2.39. The van der Waals surface area contributed by atoms with E-state index < -0.39 is 0 Å². The van der Waals surface area contributed by atoms with E-state index in [1.807, 2.05) is 95.4 Å². The van der Waals surface area contributed by atoms with Crippen molar-refractivity contribution in [2.24, 2.45) is 0 Å². The molecule has 2 fully saturated rings. The van der Waals surface area contributed by atoms with Crippen LogP contribution in [0.4, 0.5) is 63.7 Å². The van der Waals surface area contributed by atoms with Crippen molar-refractivity contribution in [3.63, 3.8) is 0 Å². The average Bonchev–Trinajstić information content (AvgIpc) is 2.09. The summed E-state index contributed by atoms with van der Waals surface area (Å²) in [5.41, 5.74) is 12.2. The van der Waals surface area contributed by atoms with Gasteiger partial charge in [-0.05, 0) is 150 Å². The van der Waals surface area contributed by atoms with Crippen molar-refractivity contribution in [3.05, 3.63) is 192 Å².